The highest BCUT2D eigenvalue weighted by atomic mass is 16.2. The standard InChI is InChI=1S/C18H28N2O/c1-14-6-8-16(9-7-14)4-3-5-18(21)20-12-10-17(11-13-20)15(2)19/h6-9,15,17H,3-5,10-13,19H2,1-2H3. The van der Waals surface area contributed by atoms with Gasteiger partial charge in [-0.1, -0.05) is 29.8 Å². The molecule has 0 spiro atoms. The molecule has 116 valence electrons. The summed E-state index contributed by atoms with van der Waals surface area (Å²) in [6.45, 7) is 5.94. The number of hydrogen-bond donors (Lipinski definition) is 1. The van der Waals surface area contributed by atoms with E-state index >= 15 is 0 Å². The van der Waals surface area contributed by atoms with E-state index in [0.29, 0.717) is 18.2 Å². The molecule has 0 radical (unpaired) electrons. The van der Waals surface area contributed by atoms with Crippen LogP contribution in [0.5, 0.6) is 0 Å². The summed E-state index contributed by atoms with van der Waals surface area (Å²) < 4.78 is 0. The van der Waals surface area contributed by atoms with Crippen molar-refractivity contribution in [3.05, 3.63) is 35.4 Å². The number of carbonyl (C=O) groups is 1. The van der Waals surface area contributed by atoms with Gasteiger partial charge in [0.2, 0.25) is 5.91 Å². The first kappa shape index (κ1) is 16.0. The minimum atomic E-state index is 0.254. The van der Waals surface area contributed by atoms with Gasteiger partial charge in [-0.05, 0) is 51.0 Å². The molecule has 2 N–H and O–H groups in total. The zero-order valence-corrected chi connectivity index (χ0v) is 13.3. The zero-order valence-electron chi connectivity index (χ0n) is 13.3. The van der Waals surface area contributed by atoms with Crippen LogP contribution in [0.1, 0.15) is 43.7 Å². The number of likely N-dealkylation sites (tertiary alicyclic amines) is 1. The number of hydrogen-bond acceptors (Lipinski definition) is 2. The van der Waals surface area contributed by atoms with Crippen LogP contribution in [-0.2, 0) is 11.2 Å². The van der Waals surface area contributed by atoms with Crippen LogP contribution in [0.3, 0.4) is 0 Å². The van der Waals surface area contributed by atoms with Crippen LogP contribution >= 0.6 is 0 Å². The molecule has 0 aliphatic carbocycles. The van der Waals surface area contributed by atoms with E-state index in [1.165, 1.54) is 11.1 Å². The quantitative estimate of drug-likeness (QED) is 0.905. The predicted octanol–water partition coefficient (Wildman–Crippen LogP) is 2.90. The number of nitrogens with zero attached hydrogens (tertiary/aromatic N) is 1. The van der Waals surface area contributed by atoms with Gasteiger partial charge in [-0.3, -0.25) is 4.79 Å². The normalized spacial score (nSPS) is 17.8. The zero-order chi connectivity index (χ0) is 15.2. The van der Waals surface area contributed by atoms with Crippen LogP contribution in [0, 0.1) is 12.8 Å². The van der Waals surface area contributed by atoms with E-state index in [-0.39, 0.29) is 6.04 Å². The molecule has 0 saturated carbocycles. The number of rotatable bonds is 5. The summed E-state index contributed by atoms with van der Waals surface area (Å²) in [5.41, 5.74) is 8.55. The Labute approximate surface area is 128 Å². The molecule has 2 rings (SSSR count). The largest absolute Gasteiger partial charge is 0.343 e. The Morgan fingerprint density at radius 2 is 1.90 bits per heavy atom. The van der Waals surface area contributed by atoms with Gasteiger partial charge in [0.05, 0.1) is 0 Å². The molecular weight excluding hydrogens is 260 g/mol. The summed E-state index contributed by atoms with van der Waals surface area (Å²) in [6.07, 6.45) is 4.71. The summed E-state index contributed by atoms with van der Waals surface area (Å²) in [6, 6.07) is 8.84. The van der Waals surface area contributed by atoms with Crippen LogP contribution in [0.25, 0.3) is 0 Å². The number of amides is 1. The van der Waals surface area contributed by atoms with Crippen LogP contribution in [-0.4, -0.2) is 29.9 Å². The molecule has 1 aromatic carbocycles. The van der Waals surface area contributed by atoms with Crippen LogP contribution < -0.4 is 5.73 Å². The lowest BCUT2D eigenvalue weighted by atomic mass is 9.91. The molecule has 1 aliphatic rings. The molecule has 21 heavy (non-hydrogen) atoms. The van der Waals surface area contributed by atoms with Crippen molar-refractivity contribution in [3.63, 3.8) is 0 Å². The van der Waals surface area contributed by atoms with Gasteiger partial charge in [-0.15, -0.1) is 0 Å². The van der Waals surface area contributed by atoms with Crippen molar-refractivity contribution >= 4 is 5.91 Å². The molecule has 0 bridgehead atoms. The second-order valence-electron chi connectivity index (χ2n) is 6.42. The van der Waals surface area contributed by atoms with Gasteiger partial charge in [-0.25, -0.2) is 0 Å². The SMILES string of the molecule is Cc1ccc(CCCC(=O)N2CCC(C(C)N)CC2)cc1. The van der Waals surface area contributed by atoms with Crippen molar-refractivity contribution in [2.24, 2.45) is 11.7 Å². The monoisotopic (exact) mass is 288 g/mol. The molecule has 3 nitrogen and oxygen atoms in total. The molecule has 1 atom stereocenters. The molecule has 1 fully saturated rings. The lowest BCUT2D eigenvalue weighted by molar-refractivity contribution is -0.132. The number of carbonyl (C=O) groups excluding carboxylic acids is 1. The van der Waals surface area contributed by atoms with Crippen molar-refractivity contribution in [3.8, 4) is 0 Å². The second kappa shape index (κ2) is 7.60. The third-order valence-corrected chi connectivity index (χ3v) is 4.61. The van der Waals surface area contributed by atoms with E-state index < -0.39 is 0 Å². The minimum Gasteiger partial charge on any atom is -0.343 e. The van der Waals surface area contributed by atoms with Crippen molar-refractivity contribution in [1.82, 2.24) is 4.90 Å². The van der Waals surface area contributed by atoms with E-state index in [1.807, 2.05) is 4.90 Å². The Morgan fingerprint density at radius 1 is 1.29 bits per heavy atom. The van der Waals surface area contributed by atoms with Gasteiger partial charge in [0.15, 0.2) is 0 Å². The summed E-state index contributed by atoms with van der Waals surface area (Å²) in [4.78, 5) is 14.2. The Balaban J connectivity index is 1.69. The van der Waals surface area contributed by atoms with E-state index in [0.717, 1.165) is 38.8 Å². The van der Waals surface area contributed by atoms with E-state index in [1.54, 1.807) is 0 Å². The topological polar surface area (TPSA) is 46.3 Å². The van der Waals surface area contributed by atoms with E-state index in [9.17, 15) is 4.79 Å². The van der Waals surface area contributed by atoms with Gasteiger partial charge in [0.25, 0.3) is 0 Å². The average Bonchev–Trinajstić information content (AvgIpc) is 2.49. The first-order valence-electron chi connectivity index (χ1n) is 8.15. The fourth-order valence-corrected chi connectivity index (χ4v) is 3.03. The third-order valence-electron chi connectivity index (χ3n) is 4.61. The Morgan fingerprint density at radius 3 is 2.48 bits per heavy atom. The molecule has 3 heteroatoms. The molecule has 1 saturated heterocycles. The highest BCUT2D eigenvalue weighted by molar-refractivity contribution is 5.76. The predicted molar refractivity (Wildman–Crippen MR) is 87.1 cm³/mol. The molecule has 1 aliphatic heterocycles. The van der Waals surface area contributed by atoms with E-state index in [2.05, 4.69) is 38.1 Å². The minimum absolute atomic E-state index is 0.254. The first-order valence-corrected chi connectivity index (χ1v) is 8.15. The summed E-state index contributed by atoms with van der Waals surface area (Å²) in [5, 5.41) is 0. The van der Waals surface area contributed by atoms with Gasteiger partial charge in [0, 0.05) is 25.6 Å². The number of aryl methyl sites for hydroxylation is 2. The Hall–Kier alpha value is -1.35. The molecule has 0 aromatic heterocycles. The van der Waals surface area contributed by atoms with Crippen molar-refractivity contribution in [2.45, 2.75) is 52.0 Å². The molecule has 1 unspecified atom stereocenters. The molecule has 1 amide bonds. The van der Waals surface area contributed by atoms with Crippen LogP contribution in [0.2, 0.25) is 0 Å². The number of piperidine rings is 1. The van der Waals surface area contributed by atoms with Crippen LogP contribution in [0.15, 0.2) is 24.3 Å². The summed E-state index contributed by atoms with van der Waals surface area (Å²) in [5.74, 6) is 0.895. The van der Waals surface area contributed by atoms with Gasteiger partial charge < -0.3 is 10.6 Å². The third kappa shape index (κ3) is 4.85. The van der Waals surface area contributed by atoms with Crippen molar-refractivity contribution < 1.29 is 4.79 Å². The fraction of sp³-hybridized carbons (Fsp3) is 0.611. The summed E-state index contributed by atoms with van der Waals surface area (Å²) in [7, 11) is 0. The maximum Gasteiger partial charge on any atom is 0.222 e. The first-order chi connectivity index (χ1) is 10.1. The van der Waals surface area contributed by atoms with Gasteiger partial charge in [-0.2, -0.15) is 0 Å². The highest BCUT2D eigenvalue weighted by Gasteiger charge is 2.24. The molecule has 1 heterocycles. The number of nitrogens with two attached hydrogens (primary N) is 1. The fourth-order valence-electron chi connectivity index (χ4n) is 3.03. The van der Waals surface area contributed by atoms with Gasteiger partial charge >= 0.3 is 0 Å². The van der Waals surface area contributed by atoms with E-state index in [4.69, 9.17) is 5.73 Å². The lowest BCUT2D eigenvalue weighted by Crippen LogP contribution is -2.42. The maximum absolute atomic E-state index is 12.2. The highest BCUT2D eigenvalue weighted by Crippen LogP contribution is 2.20. The molecule has 1 aromatic rings. The van der Waals surface area contributed by atoms with Crippen molar-refractivity contribution in [2.75, 3.05) is 13.1 Å². The Kier molecular flexibility index (Phi) is 5.80. The number of benzene rings is 1. The lowest BCUT2D eigenvalue weighted by Gasteiger charge is -2.33. The van der Waals surface area contributed by atoms with Crippen molar-refractivity contribution in [1.29, 1.82) is 0 Å². The second-order valence-corrected chi connectivity index (χ2v) is 6.42. The maximum atomic E-state index is 12.2. The average molecular weight is 288 g/mol. The smallest absolute Gasteiger partial charge is 0.222 e. The van der Waals surface area contributed by atoms with Crippen LogP contribution in [0.4, 0.5) is 0 Å². The van der Waals surface area contributed by atoms with Gasteiger partial charge in [0.1, 0.15) is 0 Å². The molecular formula is C18H28N2O. The Bertz CT molecular complexity index is 445. The summed E-state index contributed by atoms with van der Waals surface area (Å²) >= 11 is 0.